The van der Waals surface area contributed by atoms with E-state index in [0.29, 0.717) is 12.1 Å². The van der Waals surface area contributed by atoms with E-state index in [9.17, 15) is 19.5 Å². The van der Waals surface area contributed by atoms with Crippen LogP contribution in [0.15, 0.2) is 24.3 Å². The molecule has 3 N–H and O–H groups in total. The molecule has 1 aromatic rings. The van der Waals surface area contributed by atoms with E-state index in [-0.39, 0.29) is 24.0 Å². The molecule has 0 saturated carbocycles. The average molecular weight is 454 g/mol. The molecular formula is C22H35N3O5S. The summed E-state index contributed by atoms with van der Waals surface area (Å²) < 4.78 is 5.24. The van der Waals surface area contributed by atoms with Crippen LogP contribution in [0.2, 0.25) is 0 Å². The fourth-order valence-corrected chi connectivity index (χ4v) is 3.16. The van der Waals surface area contributed by atoms with Gasteiger partial charge < -0.3 is 25.4 Å². The van der Waals surface area contributed by atoms with Gasteiger partial charge in [-0.25, -0.2) is 4.79 Å². The van der Waals surface area contributed by atoms with Crippen LogP contribution in [-0.4, -0.2) is 58.4 Å². The second kappa shape index (κ2) is 12.4. The van der Waals surface area contributed by atoms with Gasteiger partial charge in [-0.1, -0.05) is 25.5 Å². The number of rotatable bonds is 10. The third-order valence-corrected chi connectivity index (χ3v) is 4.76. The van der Waals surface area contributed by atoms with E-state index in [1.54, 1.807) is 39.8 Å². The Hall–Kier alpha value is -2.42. The molecule has 0 spiro atoms. The zero-order valence-corrected chi connectivity index (χ0v) is 19.9. The number of ether oxygens (including phenoxy) is 1. The van der Waals surface area contributed by atoms with Crippen molar-refractivity contribution in [2.45, 2.75) is 65.1 Å². The highest BCUT2D eigenvalue weighted by molar-refractivity contribution is 7.80. The van der Waals surface area contributed by atoms with Gasteiger partial charge in [0.15, 0.2) is 0 Å². The number of amides is 3. The molecule has 0 bridgehead atoms. The summed E-state index contributed by atoms with van der Waals surface area (Å²) in [6.07, 6.45) is 1.000. The van der Waals surface area contributed by atoms with Crippen LogP contribution in [0.25, 0.3) is 0 Å². The molecule has 0 aromatic heterocycles. The lowest BCUT2D eigenvalue weighted by Gasteiger charge is -2.33. The van der Waals surface area contributed by atoms with Gasteiger partial charge in [-0.2, -0.15) is 12.6 Å². The number of thiol groups is 1. The number of carbonyl (C=O) groups excluding carboxylic acids is 3. The normalized spacial score (nSPS) is 13.1. The summed E-state index contributed by atoms with van der Waals surface area (Å²) in [5, 5.41) is 15.0. The molecule has 9 heteroatoms. The number of nitrogens with zero attached hydrogens (tertiary/aromatic N) is 1. The second-order valence-corrected chi connectivity index (χ2v) is 8.51. The summed E-state index contributed by atoms with van der Waals surface area (Å²) in [4.78, 5) is 39.9. The molecule has 8 nitrogen and oxygen atoms in total. The van der Waals surface area contributed by atoms with E-state index < -0.39 is 29.7 Å². The predicted octanol–water partition coefficient (Wildman–Crippen LogP) is 3.02. The van der Waals surface area contributed by atoms with Gasteiger partial charge in [0.05, 0.1) is 0 Å². The van der Waals surface area contributed by atoms with Crippen molar-refractivity contribution in [3.05, 3.63) is 29.8 Å². The molecule has 1 rings (SSSR count). The molecule has 2 atom stereocenters. The fraction of sp³-hybridized carbons (Fsp3) is 0.591. The number of likely N-dealkylation sites (N-methyl/N-ethyl adjacent to an activating group) is 1. The zero-order valence-electron chi connectivity index (χ0n) is 19.0. The van der Waals surface area contributed by atoms with E-state index >= 15 is 0 Å². The Morgan fingerprint density at radius 3 is 2.26 bits per heavy atom. The molecule has 1 aromatic carbocycles. The van der Waals surface area contributed by atoms with Crippen molar-refractivity contribution in [3.63, 3.8) is 0 Å². The number of hydrogen-bond acceptors (Lipinski definition) is 6. The maximum Gasteiger partial charge on any atom is 0.408 e. The van der Waals surface area contributed by atoms with Crippen molar-refractivity contribution in [2.24, 2.45) is 0 Å². The highest BCUT2D eigenvalue weighted by Crippen LogP contribution is 2.24. The number of carbonyl (C=O) groups is 3. The number of phenolic OH excluding ortho intramolecular Hbond substituents is 1. The number of hydrogen-bond donors (Lipinski definition) is 4. The molecule has 0 aliphatic heterocycles. The first-order chi connectivity index (χ1) is 14.5. The van der Waals surface area contributed by atoms with Crippen molar-refractivity contribution < 1.29 is 24.2 Å². The summed E-state index contributed by atoms with van der Waals surface area (Å²) in [6.45, 7) is 9.67. The lowest BCUT2D eigenvalue weighted by atomic mass is 10.0. The van der Waals surface area contributed by atoms with Crippen LogP contribution in [0.3, 0.4) is 0 Å². The van der Waals surface area contributed by atoms with E-state index in [4.69, 9.17) is 4.74 Å². The van der Waals surface area contributed by atoms with Gasteiger partial charge in [0.1, 0.15) is 23.4 Å². The summed E-state index contributed by atoms with van der Waals surface area (Å²) in [6, 6.07) is 4.25. The monoisotopic (exact) mass is 453 g/mol. The fourth-order valence-electron chi connectivity index (χ4n) is 2.92. The molecule has 3 amide bonds. The maximum atomic E-state index is 13.3. The van der Waals surface area contributed by atoms with Crippen LogP contribution in [0.1, 0.15) is 59.1 Å². The van der Waals surface area contributed by atoms with Crippen molar-refractivity contribution in [1.82, 2.24) is 15.5 Å². The topological polar surface area (TPSA) is 108 Å². The molecule has 0 radical (unpaired) electrons. The summed E-state index contributed by atoms with van der Waals surface area (Å²) >= 11 is 4.21. The number of alkyl carbamates (subject to hydrolysis) is 1. The van der Waals surface area contributed by atoms with Crippen molar-refractivity contribution in [2.75, 3.05) is 18.8 Å². The Kier molecular flexibility index (Phi) is 10.7. The zero-order chi connectivity index (χ0) is 23.6. The molecule has 0 aliphatic rings. The van der Waals surface area contributed by atoms with Gasteiger partial charge in [0.2, 0.25) is 11.8 Å². The van der Waals surface area contributed by atoms with Crippen molar-refractivity contribution in [1.29, 1.82) is 0 Å². The lowest BCUT2D eigenvalue weighted by Crippen LogP contribution is -2.53. The third-order valence-electron chi connectivity index (χ3n) is 4.39. The largest absolute Gasteiger partial charge is 0.508 e. The van der Waals surface area contributed by atoms with Crippen LogP contribution >= 0.6 is 12.6 Å². The predicted molar refractivity (Wildman–Crippen MR) is 123 cm³/mol. The number of phenols is 1. The molecule has 0 fully saturated rings. The van der Waals surface area contributed by atoms with Crippen LogP contribution in [0.4, 0.5) is 4.79 Å². The van der Waals surface area contributed by atoms with E-state index in [1.807, 2.05) is 6.92 Å². The van der Waals surface area contributed by atoms with Gasteiger partial charge in [-0.05, 0) is 51.8 Å². The molecule has 31 heavy (non-hydrogen) atoms. The minimum absolute atomic E-state index is 0.0360. The van der Waals surface area contributed by atoms with E-state index in [1.165, 1.54) is 17.0 Å². The van der Waals surface area contributed by atoms with Crippen LogP contribution < -0.4 is 10.6 Å². The van der Waals surface area contributed by atoms with Crippen molar-refractivity contribution >= 4 is 30.5 Å². The highest BCUT2D eigenvalue weighted by Gasteiger charge is 2.34. The highest BCUT2D eigenvalue weighted by atomic mass is 32.1. The summed E-state index contributed by atoms with van der Waals surface area (Å²) in [7, 11) is 0. The average Bonchev–Trinajstić information content (AvgIpc) is 2.69. The summed E-state index contributed by atoms with van der Waals surface area (Å²) in [5.74, 6) is -0.686. The quantitative estimate of drug-likeness (QED) is 0.322. The Balaban J connectivity index is 3.16. The molecule has 0 saturated heterocycles. The molecule has 0 aliphatic carbocycles. The first kappa shape index (κ1) is 26.6. The maximum absolute atomic E-state index is 13.3. The number of nitrogens with one attached hydrogen (secondary N) is 2. The van der Waals surface area contributed by atoms with Gasteiger partial charge >= 0.3 is 6.09 Å². The Labute approximate surface area is 190 Å². The van der Waals surface area contributed by atoms with Crippen molar-refractivity contribution in [3.8, 4) is 5.75 Å². The third kappa shape index (κ3) is 8.69. The van der Waals surface area contributed by atoms with Gasteiger partial charge in [0, 0.05) is 18.8 Å². The lowest BCUT2D eigenvalue weighted by molar-refractivity contribution is -0.141. The van der Waals surface area contributed by atoms with Gasteiger partial charge in [-0.15, -0.1) is 0 Å². The minimum Gasteiger partial charge on any atom is -0.508 e. The molecule has 2 unspecified atom stereocenters. The minimum atomic E-state index is -0.971. The van der Waals surface area contributed by atoms with E-state index in [0.717, 1.165) is 12.8 Å². The Bertz CT molecular complexity index is 734. The SMILES string of the molecule is CCCCNC(=O)C(c1ccc(O)cc1)N(CC)C(=O)C(CS)NC(=O)OC(C)(C)C. The van der Waals surface area contributed by atoms with Crippen LogP contribution in [0, 0.1) is 0 Å². The standard InChI is InChI=1S/C22H35N3O5S/c1-6-8-13-23-19(27)18(15-9-11-16(26)12-10-15)25(7-2)20(28)17(14-31)24-21(29)30-22(3,4)5/h9-12,17-18,26,31H,6-8,13-14H2,1-5H3,(H,23,27)(H,24,29). The first-order valence-electron chi connectivity index (χ1n) is 10.5. The molecule has 174 valence electrons. The number of benzene rings is 1. The first-order valence-corrected chi connectivity index (χ1v) is 11.1. The smallest absolute Gasteiger partial charge is 0.408 e. The van der Waals surface area contributed by atoms with E-state index in [2.05, 4.69) is 23.3 Å². The van der Waals surface area contributed by atoms with Gasteiger partial charge in [0.25, 0.3) is 0 Å². The molecule has 0 heterocycles. The molecular weight excluding hydrogens is 418 g/mol. The van der Waals surface area contributed by atoms with Gasteiger partial charge in [-0.3, -0.25) is 9.59 Å². The van der Waals surface area contributed by atoms with Crippen LogP contribution in [0.5, 0.6) is 5.75 Å². The second-order valence-electron chi connectivity index (χ2n) is 8.14. The number of unbranched alkanes of at least 4 members (excludes halogenated alkanes) is 1. The Morgan fingerprint density at radius 1 is 1.16 bits per heavy atom. The van der Waals surface area contributed by atoms with Crippen LogP contribution in [-0.2, 0) is 14.3 Å². The Morgan fingerprint density at radius 2 is 1.77 bits per heavy atom. The summed E-state index contributed by atoms with van der Waals surface area (Å²) in [5.41, 5.74) is -0.163. The number of aromatic hydroxyl groups is 1.